The summed E-state index contributed by atoms with van der Waals surface area (Å²) in [5, 5.41) is 6.17. The van der Waals surface area contributed by atoms with Gasteiger partial charge >= 0.3 is 0 Å². The second kappa shape index (κ2) is 9.66. The molecule has 1 amide bonds. The van der Waals surface area contributed by atoms with Crippen LogP contribution in [0.1, 0.15) is 18.9 Å². The Morgan fingerprint density at radius 3 is 2.82 bits per heavy atom. The fourth-order valence-corrected chi connectivity index (χ4v) is 2.20. The van der Waals surface area contributed by atoms with Crippen molar-refractivity contribution < 1.29 is 14.3 Å². The molecule has 1 fully saturated rings. The predicted molar refractivity (Wildman–Crippen MR) is 88.8 cm³/mol. The molecule has 2 rings (SSSR count). The van der Waals surface area contributed by atoms with Crippen LogP contribution in [0.15, 0.2) is 24.3 Å². The molecule has 6 heteroatoms. The monoisotopic (exact) mass is 328 g/mol. The first kappa shape index (κ1) is 18.7. The van der Waals surface area contributed by atoms with Gasteiger partial charge in [0.25, 0.3) is 0 Å². The first-order valence-corrected chi connectivity index (χ1v) is 7.44. The van der Waals surface area contributed by atoms with E-state index in [9.17, 15) is 4.79 Å². The van der Waals surface area contributed by atoms with Gasteiger partial charge in [-0.1, -0.05) is 17.7 Å². The molecule has 1 saturated heterocycles. The maximum absolute atomic E-state index is 11.9. The average molecular weight is 329 g/mol. The molecule has 124 valence electrons. The van der Waals surface area contributed by atoms with Crippen molar-refractivity contribution in [3.8, 4) is 5.75 Å². The molecule has 0 saturated carbocycles. The van der Waals surface area contributed by atoms with Crippen molar-refractivity contribution in [2.45, 2.75) is 32.4 Å². The number of carbonyl (C=O) groups excluding carboxylic acids is 1. The Hall–Kier alpha value is -1.30. The van der Waals surface area contributed by atoms with Crippen LogP contribution >= 0.6 is 12.4 Å². The number of halogens is 1. The number of rotatable bonds is 6. The van der Waals surface area contributed by atoms with E-state index in [4.69, 9.17) is 9.47 Å². The van der Waals surface area contributed by atoms with Gasteiger partial charge in [0, 0.05) is 19.0 Å². The molecular weight excluding hydrogens is 304 g/mol. The van der Waals surface area contributed by atoms with E-state index in [2.05, 4.69) is 10.6 Å². The van der Waals surface area contributed by atoms with E-state index < -0.39 is 0 Å². The van der Waals surface area contributed by atoms with Crippen LogP contribution in [0.2, 0.25) is 0 Å². The van der Waals surface area contributed by atoms with Crippen molar-refractivity contribution in [1.82, 2.24) is 10.6 Å². The summed E-state index contributed by atoms with van der Waals surface area (Å²) in [5.41, 5.74) is 1.20. The number of hydrogen-bond acceptors (Lipinski definition) is 4. The molecule has 1 aromatic rings. The Labute approximate surface area is 138 Å². The minimum absolute atomic E-state index is 0. The van der Waals surface area contributed by atoms with Crippen molar-refractivity contribution in [2.75, 3.05) is 26.3 Å². The summed E-state index contributed by atoms with van der Waals surface area (Å²) >= 11 is 0. The van der Waals surface area contributed by atoms with Crippen LogP contribution in [-0.2, 0) is 9.53 Å². The summed E-state index contributed by atoms with van der Waals surface area (Å²) in [6, 6.07) is 8.02. The van der Waals surface area contributed by atoms with Crippen LogP contribution in [0.5, 0.6) is 5.75 Å². The number of hydrogen-bond donors (Lipinski definition) is 2. The average Bonchev–Trinajstić information content (AvgIpc) is 2.49. The first-order valence-electron chi connectivity index (χ1n) is 7.44. The standard InChI is InChI=1S/C16H24N2O3.ClH/c1-12-3-5-15(6-4-12)21-13(2)10-18-16(19)9-14-11-20-8-7-17-14;/h3-6,13-14,17H,7-11H2,1-2H3,(H,18,19);1H. The normalized spacial score (nSPS) is 18.9. The van der Waals surface area contributed by atoms with Gasteiger partial charge in [-0.2, -0.15) is 0 Å². The number of amides is 1. The molecule has 0 spiro atoms. The van der Waals surface area contributed by atoms with E-state index >= 15 is 0 Å². The summed E-state index contributed by atoms with van der Waals surface area (Å²) < 4.78 is 11.1. The lowest BCUT2D eigenvalue weighted by atomic mass is 10.2. The molecule has 1 heterocycles. The molecule has 22 heavy (non-hydrogen) atoms. The van der Waals surface area contributed by atoms with Crippen LogP contribution in [0.3, 0.4) is 0 Å². The van der Waals surface area contributed by atoms with Crippen LogP contribution in [-0.4, -0.2) is 44.4 Å². The van der Waals surface area contributed by atoms with Gasteiger partial charge in [0.2, 0.25) is 5.91 Å². The topological polar surface area (TPSA) is 59.6 Å². The van der Waals surface area contributed by atoms with Crippen LogP contribution < -0.4 is 15.4 Å². The lowest BCUT2D eigenvalue weighted by molar-refractivity contribution is -0.122. The molecular formula is C16H25ClN2O3. The largest absolute Gasteiger partial charge is 0.489 e. The third-order valence-corrected chi connectivity index (χ3v) is 3.38. The molecule has 1 aliphatic heterocycles. The highest BCUT2D eigenvalue weighted by Gasteiger charge is 2.17. The first-order chi connectivity index (χ1) is 10.1. The van der Waals surface area contributed by atoms with Crippen LogP contribution in [0, 0.1) is 6.92 Å². The highest BCUT2D eigenvalue weighted by atomic mass is 35.5. The lowest BCUT2D eigenvalue weighted by Gasteiger charge is -2.23. The molecule has 0 bridgehead atoms. The van der Waals surface area contributed by atoms with Crippen molar-refractivity contribution in [1.29, 1.82) is 0 Å². The summed E-state index contributed by atoms with van der Waals surface area (Å²) in [5.74, 6) is 0.849. The fraction of sp³-hybridized carbons (Fsp3) is 0.562. The third kappa shape index (κ3) is 6.64. The van der Waals surface area contributed by atoms with E-state index in [1.165, 1.54) is 5.56 Å². The van der Waals surface area contributed by atoms with Crippen LogP contribution in [0.4, 0.5) is 0 Å². The Balaban J connectivity index is 0.00000242. The van der Waals surface area contributed by atoms with Gasteiger partial charge in [-0.3, -0.25) is 4.79 Å². The summed E-state index contributed by atoms with van der Waals surface area (Å²) in [6.07, 6.45) is 0.379. The highest BCUT2D eigenvalue weighted by molar-refractivity contribution is 5.85. The predicted octanol–water partition coefficient (Wildman–Crippen LogP) is 1.68. The molecule has 0 aromatic heterocycles. The van der Waals surface area contributed by atoms with Crippen molar-refractivity contribution in [2.24, 2.45) is 0 Å². The third-order valence-electron chi connectivity index (χ3n) is 3.38. The summed E-state index contributed by atoms with van der Waals surface area (Å²) in [4.78, 5) is 11.9. The zero-order valence-corrected chi connectivity index (χ0v) is 13.9. The van der Waals surface area contributed by atoms with Crippen molar-refractivity contribution in [3.05, 3.63) is 29.8 Å². The lowest BCUT2D eigenvalue weighted by Crippen LogP contribution is -2.45. The summed E-state index contributed by atoms with van der Waals surface area (Å²) in [6.45, 7) is 6.62. The van der Waals surface area contributed by atoms with E-state index in [0.717, 1.165) is 18.9 Å². The molecule has 5 nitrogen and oxygen atoms in total. The Bertz CT molecular complexity index is 447. The van der Waals surface area contributed by atoms with E-state index in [-0.39, 0.29) is 30.5 Å². The molecule has 0 radical (unpaired) electrons. The number of aryl methyl sites for hydroxylation is 1. The van der Waals surface area contributed by atoms with E-state index in [1.54, 1.807) is 0 Å². The quantitative estimate of drug-likeness (QED) is 0.834. The maximum Gasteiger partial charge on any atom is 0.221 e. The second-order valence-corrected chi connectivity index (χ2v) is 5.48. The van der Waals surface area contributed by atoms with Crippen LogP contribution in [0.25, 0.3) is 0 Å². The van der Waals surface area contributed by atoms with Gasteiger partial charge in [0.05, 0.1) is 19.8 Å². The van der Waals surface area contributed by atoms with Crippen molar-refractivity contribution >= 4 is 18.3 Å². The SMILES string of the molecule is Cc1ccc(OC(C)CNC(=O)CC2COCCN2)cc1.Cl. The maximum atomic E-state index is 11.9. The Morgan fingerprint density at radius 1 is 1.45 bits per heavy atom. The van der Waals surface area contributed by atoms with Gasteiger partial charge in [-0.05, 0) is 26.0 Å². The van der Waals surface area contributed by atoms with E-state index in [0.29, 0.717) is 19.6 Å². The van der Waals surface area contributed by atoms with Gasteiger partial charge in [-0.15, -0.1) is 12.4 Å². The number of ether oxygens (including phenoxy) is 2. The van der Waals surface area contributed by atoms with Gasteiger partial charge in [0.1, 0.15) is 11.9 Å². The number of nitrogens with one attached hydrogen (secondary N) is 2. The summed E-state index contributed by atoms with van der Waals surface area (Å²) in [7, 11) is 0. The van der Waals surface area contributed by atoms with Gasteiger partial charge in [0.15, 0.2) is 0 Å². The smallest absolute Gasteiger partial charge is 0.221 e. The Morgan fingerprint density at radius 2 is 2.18 bits per heavy atom. The Kier molecular flexibility index (Phi) is 8.24. The molecule has 1 aromatic carbocycles. The minimum atomic E-state index is -0.0628. The van der Waals surface area contributed by atoms with Gasteiger partial charge < -0.3 is 20.1 Å². The zero-order chi connectivity index (χ0) is 15.1. The number of benzene rings is 1. The molecule has 2 atom stereocenters. The number of carbonyl (C=O) groups is 1. The molecule has 0 aliphatic carbocycles. The molecule has 2 unspecified atom stereocenters. The number of morpholine rings is 1. The second-order valence-electron chi connectivity index (χ2n) is 5.48. The van der Waals surface area contributed by atoms with Gasteiger partial charge in [-0.25, -0.2) is 0 Å². The molecule has 2 N–H and O–H groups in total. The van der Waals surface area contributed by atoms with E-state index in [1.807, 2.05) is 38.1 Å². The fourth-order valence-electron chi connectivity index (χ4n) is 2.20. The van der Waals surface area contributed by atoms with Crippen molar-refractivity contribution in [3.63, 3.8) is 0 Å². The molecule has 1 aliphatic rings. The minimum Gasteiger partial charge on any atom is -0.489 e. The highest BCUT2D eigenvalue weighted by Crippen LogP contribution is 2.13. The zero-order valence-electron chi connectivity index (χ0n) is 13.1.